The second-order valence-electron chi connectivity index (χ2n) is 5.73. The van der Waals surface area contributed by atoms with E-state index in [0.717, 1.165) is 26.7 Å². The number of imidazole rings is 1. The third-order valence-electron chi connectivity index (χ3n) is 4.09. The number of pyridine rings is 1. The van der Waals surface area contributed by atoms with Gasteiger partial charge in [-0.1, -0.05) is 17.8 Å². The Bertz CT molecular complexity index is 1210. The smallest absolute Gasteiger partial charge is 0.160 e. The maximum Gasteiger partial charge on any atom is 0.160 e. The molecule has 0 saturated carbocycles. The predicted molar refractivity (Wildman–Crippen MR) is 103 cm³/mol. The first-order chi connectivity index (χ1) is 12.8. The maximum absolute atomic E-state index is 4.59. The van der Waals surface area contributed by atoms with Crippen molar-refractivity contribution in [2.45, 2.75) is 10.9 Å². The van der Waals surface area contributed by atoms with Gasteiger partial charge in [0.1, 0.15) is 18.2 Å². The van der Waals surface area contributed by atoms with Gasteiger partial charge in [-0.2, -0.15) is 5.10 Å². The number of hydrogen-bond acceptors (Lipinski definition) is 7. The molecule has 0 spiro atoms. The van der Waals surface area contributed by atoms with Gasteiger partial charge in [-0.3, -0.25) is 0 Å². The summed E-state index contributed by atoms with van der Waals surface area (Å²) in [5, 5.41) is 4.13. The average Bonchev–Trinajstić information content (AvgIpc) is 3.40. The average molecular weight is 379 g/mol. The monoisotopic (exact) mass is 379 g/mol. The zero-order valence-electron chi connectivity index (χ0n) is 13.8. The van der Waals surface area contributed by atoms with Crippen LogP contribution in [0.5, 0.6) is 0 Å². The summed E-state index contributed by atoms with van der Waals surface area (Å²) < 4.78 is 6.02. The Morgan fingerprint density at radius 1 is 1.12 bits per heavy atom. The molecule has 26 heavy (non-hydrogen) atoms. The Kier molecular flexibility index (Phi) is 3.68. The summed E-state index contributed by atoms with van der Waals surface area (Å²) in [4.78, 5) is 17.6. The van der Waals surface area contributed by atoms with Gasteiger partial charge >= 0.3 is 0 Å². The molecule has 5 aromatic rings. The Morgan fingerprint density at radius 3 is 2.92 bits per heavy atom. The second-order valence-corrected chi connectivity index (χ2v) is 7.82. The molecular formula is C17H13N7S2. The number of thioether (sulfide) groups is 1. The number of aromatic nitrogens is 7. The SMILES string of the molecule is CSc1nc2ccc(Cn3cnc4cc(-n5cncn5)cnc43)cc2s1. The Morgan fingerprint density at radius 2 is 2.08 bits per heavy atom. The van der Waals surface area contributed by atoms with Gasteiger partial charge in [-0.15, -0.1) is 11.3 Å². The van der Waals surface area contributed by atoms with Crippen molar-refractivity contribution in [3.63, 3.8) is 0 Å². The zero-order chi connectivity index (χ0) is 17.5. The molecule has 4 heterocycles. The van der Waals surface area contributed by atoms with E-state index in [4.69, 9.17) is 0 Å². The van der Waals surface area contributed by atoms with Crippen LogP contribution in [-0.4, -0.2) is 40.5 Å². The summed E-state index contributed by atoms with van der Waals surface area (Å²) >= 11 is 3.40. The molecule has 0 amide bonds. The number of benzene rings is 1. The minimum atomic E-state index is 0.717. The van der Waals surface area contributed by atoms with E-state index < -0.39 is 0 Å². The first kappa shape index (κ1) is 15.5. The van der Waals surface area contributed by atoms with E-state index in [1.807, 2.05) is 12.4 Å². The van der Waals surface area contributed by atoms with Crippen LogP contribution in [0, 0.1) is 0 Å². The van der Waals surface area contributed by atoms with Crippen LogP contribution in [-0.2, 0) is 6.54 Å². The molecule has 1 aromatic carbocycles. The lowest BCUT2D eigenvalue weighted by Crippen LogP contribution is -2.00. The van der Waals surface area contributed by atoms with Crippen molar-refractivity contribution in [1.29, 1.82) is 0 Å². The normalized spacial score (nSPS) is 11.6. The molecule has 0 atom stereocenters. The van der Waals surface area contributed by atoms with Gasteiger partial charge < -0.3 is 4.57 Å². The first-order valence-corrected chi connectivity index (χ1v) is 9.93. The fourth-order valence-corrected chi connectivity index (χ4v) is 4.40. The number of rotatable bonds is 4. The van der Waals surface area contributed by atoms with Crippen molar-refractivity contribution in [3.8, 4) is 5.69 Å². The lowest BCUT2D eigenvalue weighted by molar-refractivity contribution is 0.813. The highest BCUT2D eigenvalue weighted by Gasteiger charge is 2.09. The third-order valence-corrected chi connectivity index (χ3v) is 6.09. The Hall–Kier alpha value is -2.78. The molecule has 0 N–H and O–H groups in total. The number of nitrogens with zero attached hydrogens (tertiary/aromatic N) is 7. The Balaban J connectivity index is 1.49. The minimum absolute atomic E-state index is 0.717. The summed E-state index contributed by atoms with van der Waals surface area (Å²) in [6.07, 6.45) is 8.81. The summed E-state index contributed by atoms with van der Waals surface area (Å²) in [6, 6.07) is 8.35. The van der Waals surface area contributed by atoms with Crippen LogP contribution in [0.15, 0.2) is 53.8 Å². The van der Waals surface area contributed by atoms with Crippen LogP contribution in [0.1, 0.15) is 5.56 Å². The van der Waals surface area contributed by atoms with Gasteiger partial charge in [0.15, 0.2) is 9.99 Å². The highest BCUT2D eigenvalue weighted by atomic mass is 32.2. The molecule has 0 fully saturated rings. The van der Waals surface area contributed by atoms with Crippen molar-refractivity contribution >= 4 is 44.5 Å². The summed E-state index contributed by atoms with van der Waals surface area (Å²) in [5.41, 5.74) is 4.78. The standard InChI is InChI=1S/C17H13N7S2/c1-25-17-22-13-3-2-11(4-15(13)26-17)7-23-10-20-14-5-12(6-19-16(14)23)24-9-18-8-21-24/h2-6,8-10H,7H2,1H3. The van der Waals surface area contributed by atoms with Gasteiger partial charge in [-0.25, -0.2) is 24.6 Å². The van der Waals surface area contributed by atoms with E-state index in [-0.39, 0.29) is 0 Å². The molecule has 0 radical (unpaired) electrons. The van der Waals surface area contributed by atoms with E-state index in [1.165, 1.54) is 16.6 Å². The van der Waals surface area contributed by atoms with E-state index >= 15 is 0 Å². The van der Waals surface area contributed by atoms with Gasteiger partial charge in [0.25, 0.3) is 0 Å². The second kappa shape index (κ2) is 6.19. The van der Waals surface area contributed by atoms with Crippen molar-refractivity contribution in [3.05, 3.63) is 55.0 Å². The van der Waals surface area contributed by atoms with Gasteiger partial charge in [-0.05, 0) is 30.0 Å². The fraction of sp³-hybridized carbons (Fsp3) is 0.118. The van der Waals surface area contributed by atoms with E-state index in [9.17, 15) is 0 Å². The first-order valence-electron chi connectivity index (χ1n) is 7.89. The van der Waals surface area contributed by atoms with E-state index in [0.29, 0.717) is 6.54 Å². The number of hydrogen-bond donors (Lipinski definition) is 0. The van der Waals surface area contributed by atoms with Crippen LogP contribution in [0.4, 0.5) is 0 Å². The van der Waals surface area contributed by atoms with E-state index in [2.05, 4.69) is 54.1 Å². The van der Waals surface area contributed by atoms with Crippen molar-refractivity contribution in [2.75, 3.05) is 6.26 Å². The van der Waals surface area contributed by atoms with Crippen LogP contribution in [0.25, 0.3) is 27.1 Å². The molecule has 0 aliphatic rings. The molecule has 7 nitrogen and oxygen atoms in total. The number of fused-ring (bicyclic) bond motifs is 2. The largest absolute Gasteiger partial charge is 0.311 e. The minimum Gasteiger partial charge on any atom is -0.311 e. The molecule has 9 heteroatoms. The van der Waals surface area contributed by atoms with Gasteiger partial charge in [0.05, 0.1) is 35.0 Å². The van der Waals surface area contributed by atoms with Crippen molar-refractivity contribution in [1.82, 2.24) is 34.3 Å². The summed E-state index contributed by atoms with van der Waals surface area (Å²) in [7, 11) is 0. The molecule has 0 saturated heterocycles. The predicted octanol–water partition coefficient (Wildman–Crippen LogP) is 3.39. The van der Waals surface area contributed by atoms with Crippen molar-refractivity contribution < 1.29 is 0 Å². The van der Waals surface area contributed by atoms with Crippen LogP contribution >= 0.6 is 23.1 Å². The van der Waals surface area contributed by atoms with Gasteiger partial charge in [0, 0.05) is 0 Å². The highest BCUT2D eigenvalue weighted by Crippen LogP contribution is 2.29. The Labute approximate surface area is 156 Å². The van der Waals surface area contributed by atoms with Crippen LogP contribution in [0.2, 0.25) is 0 Å². The van der Waals surface area contributed by atoms with Crippen molar-refractivity contribution in [2.24, 2.45) is 0 Å². The topological polar surface area (TPSA) is 74.3 Å². The van der Waals surface area contributed by atoms with E-state index in [1.54, 1.807) is 40.3 Å². The maximum atomic E-state index is 4.59. The molecule has 4 aromatic heterocycles. The highest BCUT2D eigenvalue weighted by molar-refractivity contribution is 8.00. The molecule has 0 bridgehead atoms. The zero-order valence-corrected chi connectivity index (χ0v) is 15.4. The molecular weight excluding hydrogens is 366 g/mol. The number of thiazole rings is 1. The van der Waals surface area contributed by atoms with Crippen LogP contribution in [0.3, 0.4) is 0 Å². The molecule has 0 unspecified atom stereocenters. The third kappa shape index (κ3) is 2.65. The summed E-state index contributed by atoms with van der Waals surface area (Å²) in [5.74, 6) is 0. The molecule has 5 rings (SSSR count). The van der Waals surface area contributed by atoms with Crippen LogP contribution < -0.4 is 0 Å². The van der Waals surface area contributed by atoms with Gasteiger partial charge in [0.2, 0.25) is 0 Å². The molecule has 0 aliphatic heterocycles. The fourth-order valence-electron chi connectivity index (χ4n) is 2.85. The lowest BCUT2D eigenvalue weighted by Gasteiger charge is -2.05. The molecule has 0 aliphatic carbocycles. The lowest BCUT2D eigenvalue weighted by atomic mass is 10.2. The quantitative estimate of drug-likeness (QED) is 0.446. The summed E-state index contributed by atoms with van der Waals surface area (Å²) in [6.45, 7) is 0.717. The molecule has 128 valence electrons.